The minimum absolute atomic E-state index is 0.0604. The van der Waals surface area contributed by atoms with Gasteiger partial charge in [0.05, 0.1) is 12.2 Å². The van der Waals surface area contributed by atoms with E-state index in [2.05, 4.69) is 37.9 Å². The summed E-state index contributed by atoms with van der Waals surface area (Å²) in [7, 11) is 0. The summed E-state index contributed by atoms with van der Waals surface area (Å²) in [5.74, 6) is 1.52. The van der Waals surface area contributed by atoms with Crippen LogP contribution in [0.4, 0.5) is 0 Å². The molecule has 4 unspecified atom stereocenters. The van der Waals surface area contributed by atoms with Crippen molar-refractivity contribution >= 4 is 5.91 Å². The Labute approximate surface area is 92.2 Å². The first-order valence-corrected chi connectivity index (χ1v) is 6.14. The molecule has 1 heterocycles. The van der Waals surface area contributed by atoms with E-state index in [-0.39, 0.29) is 12.2 Å². The van der Waals surface area contributed by atoms with Crippen LogP contribution in [0.3, 0.4) is 0 Å². The summed E-state index contributed by atoms with van der Waals surface area (Å²) in [6.07, 6.45) is 2.35. The molecule has 3 heteroatoms. The van der Waals surface area contributed by atoms with Gasteiger partial charge in [0.15, 0.2) is 0 Å². The van der Waals surface area contributed by atoms with E-state index in [1.807, 2.05) is 0 Å². The summed E-state index contributed by atoms with van der Waals surface area (Å²) in [6.45, 7) is 8.67. The molecule has 0 aromatic heterocycles. The van der Waals surface area contributed by atoms with Gasteiger partial charge in [-0.3, -0.25) is 10.1 Å². The van der Waals surface area contributed by atoms with E-state index in [1.165, 1.54) is 6.42 Å². The van der Waals surface area contributed by atoms with Crippen LogP contribution in [0.15, 0.2) is 0 Å². The third-order valence-electron chi connectivity index (χ3n) is 3.69. The Morgan fingerprint density at radius 3 is 2.53 bits per heavy atom. The summed E-state index contributed by atoms with van der Waals surface area (Å²) < 4.78 is 0. The average Bonchev–Trinajstić information content (AvgIpc) is 2.77. The number of nitrogens with zero attached hydrogens (tertiary/aromatic N) is 1. The van der Waals surface area contributed by atoms with Gasteiger partial charge in [0.2, 0.25) is 5.91 Å². The van der Waals surface area contributed by atoms with Crippen molar-refractivity contribution in [1.29, 1.82) is 0 Å². The maximum Gasteiger partial charge on any atom is 0.241 e. The SMILES string of the molecule is CCC1NC(C(C)C)N(C2CC2C)C1=O. The first-order chi connectivity index (χ1) is 7.06. The van der Waals surface area contributed by atoms with Gasteiger partial charge in [-0.1, -0.05) is 27.7 Å². The Kier molecular flexibility index (Phi) is 2.75. The topological polar surface area (TPSA) is 32.3 Å². The molecule has 1 aliphatic carbocycles. The van der Waals surface area contributed by atoms with E-state index in [0.29, 0.717) is 23.8 Å². The first kappa shape index (κ1) is 10.9. The minimum atomic E-state index is 0.0604. The van der Waals surface area contributed by atoms with Crippen LogP contribution in [0, 0.1) is 11.8 Å². The van der Waals surface area contributed by atoms with Crippen molar-refractivity contribution in [3.8, 4) is 0 Å². The molecule has 2 rings (SSSR count). The van der Waals surface area contributed by atoms with Gasteiger partial charge in [-0.15, -0.1) is 0 Å². The van der Waals surface area contributed by atoms with Crippen molar-refractivity contribution in [3.63, 3.8) is 0 Å². The van der Waals surface area contributed by atoms with Crippen LogP contribution in [-0.4, -0.2) is 29.1 Å². The lowest BCUT2D eigenvalue weighted by Crippen LogP contribution is -2.43. The molecule has 2 aliphatic rings. The molecule has 15 heavy (non-hydrogen) atoms. The van der Waals surface area contributed by atoms with Gasteiger partial charge >= 0.3 is 0 Å². The van der Waals surface area contributed by atoms with Gasteiger partial charge in [0.1, 0.15) is 0 Å². The fourth-order valence-electron chi connectivity index (χ4n) is 2.54. The number of hydrogen-bond acceptors (Lipinski definition) is 2. The lowest BCUT2D eigenvalue weighted by atomic mass is 10.1. The molecule has 1 N–H and O–H groups in total. The summed E-state index contributed by atoms with van der Waals surface area (Å²) in [5.41, 5.74) is 0. The normalized spacial score (nSPS) is 40.3. The van der Waals surface area contributed by atoms with Crippen LogP contribution >= 0.6 is 0 Å². The molecule has 1 aliphatic heterocycles. The molecule has 86 valence electrons. The Morgan fingerprint density at radius 1 is 1.53 bits per heavy atom. The highest BCUT2D eigenvalue weighted by molar-refractivity contribution is 5.85. The van der Waals surface area contributed by atoms with Crippen molar-refractivity contribution in [1.82, 2.24) is 10.2 Å². The molecular weight excluding hydrogens is 188 g/mol. The molecule has 1 saturated heterocycles. The molecule has 1 amide bonds. The van der Waals surface area contributed by atoms with Crippen molar-refractivity contribution in [2.75, 3.05) is 0 Å². The van der Waals surface area contributed by atoms with Crippen LogP contribution < -0.4 is 5.32 Å². The van der Waals surface area contributed by atoms with Gasteiger partial charge < -0.3 is 4.90 Å². The molecule has 0 radical (unpaired) electrons. The number of nitrogens with one attached hydrogen (secondary N) is 1. The molecule has 0 aromatic rings. The molecule has 2 fully saturated rings. The van der Waals surface area contributed by atoms with Crippen molar-refractivity contribution in [3.05, 3.63) is 0 Å². The third kappa shape index (κ3) is 1.78. The zero-order valence-corrected chi connectivity index (χ0v) is 10.2. The molecule has 1 saturated carbocycles. The fourth-order valence-corrected chi connectivity index (χ4v) is 2.54. The van der Waals surface area contributed by atoms with Gasteiger partial charge in [-0.2, -0.15) is 0 Å². The van der Waals surface area contributed by atoms with Crippen molar-refractivity contribution in [2.45, 2.75) is 58.8 Å². The van der Waals surface area contributed by atoms with Gasteiger partial charge in [-0.05, 0) is 24.7 Å². The average molecular weight is 210 g/mol. The highest BCUT2D eigenvalue weighted by Gasteiger charge is 2.49. The number of amides is 1. The maximum absolute atomic E-state index is 12.1. The standard InChI is InChI=1S/C12H22N2O/c1-5-9-12(15)14(10-6-8(10)4)11(13-9)7(2)3/h7-11,13H,5-6H2,1-4H3. The van der Waals surface area contributed by atoms with Crippen LogP contribution in [0.25, 0.3) is 0 Å². The summed E-state index contributed by atoms with van der Waals surface area (Å²) >= 11 is 0. The first-order valence-electron chi connectivity index (χ1n) is 6.14. The van der Waals surface area contributed by atoms with Crippen molar-refractivity contribution < 1.29 is 4.79 Å². The van der Waals surface area contributed by atoms with Crippen LogP contribution in [0.5, 0.6) is 0 Å². The lowest BCUT2D eigenvalue weighted by Gasteiger charge is -2.27. The highest BCUT2D eigenvalue weighted by Crippen LogP contribution is 2.39. The molecule has 4 atom stereocenters. The second kappa shape index (κ2) is 3.78. The highest BCUT2D eigenvalue weighted by atomic mass is 16.2. The Bertz CT molecular complexity index is 264. The maximum atomic E-state index is 12.1. The molecular formula is C12H22N2O. The van der Waals surface area contributed by atoms with E-state index in [9.17, 15) is 4.79 Å². The van der Waals surface area contributed by atoms with Crippen LogP contribution in [0.2, 0.25) is 0 Å². The summed E-state index contributed by atoms with van der Waals surface area (Å²) in [4.78, 5) is 14.3. The number of carbonyl (C=O) groups excluding carboxylic acids is 1. The molecule has 0 spiro atoms. The Morgan fingerprint density at radius 2 is 2.13 bits per heavy atom. The summed E-state index contributed by atoms with van der Waals surface area (Å²) in [6, 6.07) is 0.569. The smallest absolute Gasteiger partial charge is 0.241 e. The van der Waals surface area contributed by atoms with Crippen LogP contribution in [-0.2, 0) is 4.79 Å². The molecule has 0 aromatic carbocycles. The fraction of sp³-hybridized carbons (Fsp3) is 0.917. The second-order valence-electron chi connectivity index (χ2n) is 5.34. The van der Waals surface area contributed by atoms with E-state index in [4.69, 9.17) is 0 Å². The third-order valence-corrected chi connectivity index (χ3v) is 3.69. The van der Waals surface area contributed by atoms with Crippen molar-refractivity contribution in [2.24, 2.45) is 11.8 Å². The van der Waals surface area contributed by atoms with E-state index in [0.717, 1.165) is 6.42 Å². The number of rotatable bonds is 3. The Balaban J connectivity index is 2.13. The van der Waals surface area contributed by atoms with E-state index < -0.39 is 0 Å². The monoisotopic (exact) mass is 210 g/mol. The molecule has 3 nitrogen and oxygen atoms in total. The van der Waals surface area contributed by atoms with E-state index in [1.54, 1.807) is 0 Å². The van der Waals surface area contributed by atoms with Gasteiger partial charge in [-0.25, -0.2) is 0 Å². The quantitative estimate of drug-likeness (QED) is 0.767. The molecule has 0 bridgehead atoms. The summed E-state index contributed by atoms with van der Waals surface area (Å²) in [5, 5.41) is 3.46. The van der Waals surface area contributed by atoms with E-state index >= 15 is 0 Å². The predicted molar refractivity (Wildman–Crippen MR) is 60.3 cm³/mol. The zero-order valence-electron chi connectivity index (χ0n) is 10.2. The largest absolute Gasteiger partial charge is 0.322 e. The minimum Gasteiger partial charge on any atom is -0.322 e. The second-order valence-corrected chi connectivity index (χ2v) is 5.34. The number of carbonyl (C=O) groups is 1. The van der Waals surface area contributed by atoms with Gasteiger partial charge in [0, 0.05) is 6.04 Å². The Hall–Kier alpha value is -0.570. The zero-order chi connectivity index (χ0) is 11.2. The van der Waals surface area contributed by atoms with Crippen LogP contribution in [0.1, 0.15) is 40.5 Å². The predicted octanol–water partition coefficient (Wildman–Crippen LogP) is 1.59. The number of hydrogen-bond donors (Lipinski definition) is 1. The lowest BCUT2D eigenvalue weighted by molar-refractivity contribution is -0.131. The van der Waals surface area contributed by atoms with Gasteiger partial charge in [0.25, 0.3) is 0 Å².